The summed E-state index contributed by atoms with van der Waals surface area (Å²) in [5.74, 6) is 0. The molecule has 1 aromatic heterocycles. The van der Waals surface area contributed by atoms with Crippen LogP contribution in [0.4, 0.5) is 0 Å². The minimum atomic E-state index is -0.0444. The van der Waals surface area contributed by atoms with Crippen molar-refractivity contribution in [3.8, 4) is 0 Å². The topological polar surface area (TPSA) is 51.0 Å². The molecular formula is C11H14Br2N2O2. The van der Waals surface area contributed by atoms with Crippen LogP contribution in [0.3, 0.4) is 0 Å². The summed E-state index contributed by atoms with van der Waals surface area (Å²) in [6.45, 7) is 3.37. The van der Waals surface area contributed by atoms with E-state index in [9.17, 15) is 10.1 Å². The van der Waals surface area contributed by atoms with Crippen LogP contribution in [-0.4, -0.2) is 4.73 Å². The maximum absolute atomic E-state index is 12.2. The van der Waals surface area contributed by atoms with Crippen LogP contribution >= 0.6 is 31.9 Å². The van der Waals surface area contributed by atoms with Gasteiger partial charge in [-0.25, -0.2) is 0 Å². The molecule has 0 aliphatic heterocycles. The van der Waals surface area contributed by atoms with E-state index in [1.54, 1.807) is 13.8 Å². The van der Waals surface area contributed by atoms with E-state index in [0.717, 1.165) is 28.4 Å². The zero-order chi connectivity index (χ0) is 12.7. The van der Waals surface area contributed by atoms with Crippen molar-refractivity contribution in [3.05, 3.63) is 32.9 Å². The number of fused-ring (bicyclic) bond motifs is 1. The zero-order valence-corrected chi connectivity index (χ0v) is 12.9. The normalized spacial score (nSPS) is 24.2. The summed E-state index contributed by atoms with van der Waals surface area (Å²) in [5.41, 5.74) is 2.07. The van der Waals surface area contributed by atoms with Crippen molar-refractivity contribution in [2.75, 3.05) is 0 Å². The number of rotatable bonds is 0. The third kappa shape index (κ3) is 2.05. The molecule has 0 aromatic carbocycles. The molecule has 0 radical (unpaired) electrons. The van der Waals surface area contributed by atoms with Crippen LogP contribution in [0.25, 0.3) is 0 Å². The molecule has 0 saturated carbocycles. The number of alkyl halides is 2. The van der Waals surface area contributed by atoms with Crippen molar-refractivity contribution in [1.82, 2.24) is 4.73 Å². The van der Waals surface area contributed by atoms with Crippen LogP contribution in [0.1, 0.15) is 51.7 Å². The van der Waals surface area contributed by atoms with Gasteiger partial charge in [0.25, 0.3) is 11.4 Å². The Morgan fingerprint density at radius 2 is 1.88 bits per heavy atom. The molecule has 0 amide bonds. The SMILES string of the molecule is Cc1c(C)[n+](=O)c2c(n1[O-])C(Br)CCCC2Br. The van der Waals surface area contributed by atoms with Gasteiger partial charge in [-0.2, -0.15) is 0 Å². The molecule has 0 fully saturated rings. The molecule has 0 spiro atoms. The molecule has 1 heterocycles. The predicted molar refractivity (Wildman–Crippen MR) is 73.2 cm³/mol. The first-order chi connectivity index (χ1) is 7.95. The van der Waals surface area contributed by atoms with E-state index in [2.05, 4.69) is 31.9 Å². The molecule has 6 heteroatoms. The van der Waals surface area contributed by atoms with Gasteiger partial charge in [-0.05, 0) is 19.8 Å². The van der Waals surface area contributed by atoms with Crippen LogP contribution in [-0.2, 0) is 0 Å². The summed E-state index contributed by atoms with van der Waals surface area (Å²) in [7, 11) is 0. The maximum Gasteiger partial charge on any atom is 0.273 e. The van der Waals surface area contributed by atoms with E-state index in [-0.39, 0.29) is 9.65 Å². The number of hydrogen-bond acceptors (Lipinski definition) is 2. The standard InChI is InChI=1S/C11H14Br2N2O2/c1-6-7(2)15(17)11-9(13)5-3-4-8(12)10(11)14(6)16/h8-9H,3-5H2,1-2H3. The molecule has 1 aliphatic carbocycles. The van der Waals surface area contributed by atoms with Crippen LogP contribution in [0.5, 0.6) is 0 Å². The highest BCUT2D eigenvalue weighted by atomic mass is 79.9. The van der Waals surface area contributed by atoms with Crippen LogP contribution < -0.4 is 4.43 Å². The third-order valence-corrected chi connectivity index (χ3v) is 5.12. The lowest BCUT2D eigenvalue weighted by molar-refractivity contribution is -0.514. The Morgan fingerprint density at radius 3 is 2.53 bits per heavy atom. The van der Waals surface area contributed by atoms with Crippen LogP contribution in [0, 0.1) is 24.0 Å². The average molecular weight is 366 g/mol. The van der Waals surface area contributed by atoms with Crippen molar-refractivity contribution >= 4 is 31.9 Å². The Hall–Kier alpha value is -0.360. The lowest BCUT2D eigenvalue weighted by atomic mass is 10.2. The summed E-state index contributed by atoms with van der Waals surface area (Å²) < 4.78 is 1.80. The Balaban J connectivity index is 2.82. The number of nitrogens with zero attached hydrogens (tertiary/aromatic N) is 2. The van der Waals surface area contributed by atoms with Crippen molar-refractivity contribution < 1.29 is 4.43 Å². The summed E-state index contributed by atoms with van der Waals surface area (Å²) in [5, 5.41) is 12.2. The molecule has 1 aromatic rings. The molecular weight excluding hydrogens is 352 g/mol. The Kier molecular flexibility index (Phi) is 3.63. The van der Waals surface area contributed by atoms with Crippen molar-refractivity contribution in [1.29, 1.82) is 0 Å². The fraction of sp³-hybridized carbons (Fsp3) is 0.636. The van der Waals surface area contributed by atoms with E-state index in [4.69, 9.17) is 0 Å². The third-order valence-electron chi connectivity index (χ3n) is 3.34. The molecule has 0 N–H and O–H groups in total. The largest absolute Gasteiger partial charge is 0.805 e. The van der Waals surface area contributed by atoms with Gasteiger partial charge in [-0.1, -0.05) is 38.3 Å². The molecule has 0 saturated heterocycles. The molecule has 0 bridgehead atoms. The molecule has 17 heavy (non-hydrogen) atoms. The van der Waals surface area contributed by atoms with E-state index in [1.807, 2.05) is 0 Å². The fourth-order valence-corrected chi connectivity index (χ4v) is 3.68. The smallest absolute Gasteiger partial charge is 0.273 e. The van der Waals surface area contributed by atoms with Gasteiger partial charge in [0.2, 0.25) is 0 Å². The van der Waals surface area contributed by atoms with E-state index in [0.29, 0.717) is 22.8 Å². The number of hydrogen-bond donors (Lipinski definition) is 0. The molecule has 4 nitrogen and oxygen atoms in total. The van der Waals surface area contributed by atoms with Crippen molar-refractivity contribution in [2.45, 2.75) is 42.8 Å². The summed E-state index contributed by atoms with van der Waals surface area (Å²) in [6, 6.07) is 0. The Labute approximate surface area is 116 Å². The highest BCUT2D eigenvalue weighted by Crippen LogP contribution is 2.40. The second kappa shape index (κ2) is 4.72. The quantitative estimate of drug-likeness (QED) is 0.402. The van der Waals surface area contributed by atoms with Gasteiger partial charge in [0, 0.05) is 11.8 Å². The summed E-state index contributed by atoms with van der Waals surface area (Å²) >= 11 is 7.03. The minimum Gasteiger partial charge on any atom is -0.805 e. The van der Waals surface area contributed by atoms with Gasteiger partial charge in [0.15, 0.2) is 0 Å². The highest BCUT2D eigenvalue weighted by Gasteiger charge is 2.34. The molecule has 2 rings (SSSR count). The molecule has 2 unspecified atom stereocenters. The Morgan fingerprint density at radius 1 is 1.29 bits per heavy atom. The van der Waals surface area contributed by atoms with Crippen molar-refractivity contribution in [2.24, 2.45) is 0 Å². The first kappa shape index (κ1) is 13.1. The zero-order valence-electron chi connectivity index (χ0n) is 9.74. The fourth-order valence-electron chi connectivity index (χ4n) is 2.19. The van der Waals surface area contributed by atoms with E-state index < -0.39 is 0 Å². The summed E-state index contributed by atoms with van der Waals surface area (Å²) in [4.78, 5) is 12.1. The monoisotopic (exact) mass is 364 g/mol. The molecule has 2 atom stereocenters. The average Bonchev–Trinajstić information content (AvgIpc) is 2.43. The van der Waals surface area contributed by atoms with Crippen molar-refractivity contribution in [3.63, 3.8) is 0 Å². The second-order valence-electron chi connectivity index (χ2n) is 4.40. The number of halogens is 2. The minimum absolute atomic E-state index is 0.0444. The van der Waals surface area contributed by atoms with Crippen LogP contribution in [0.2, 0.25) is 0 Å². The Bertz CT molecular complexity index is 513. The van der Waals surface area contributed by atoms with E-state index >= 15 is 0 Å². The van der Waals surface area contributed by atoms with Gasteiger partial charge < -0.3 is 9.94 Å². The lowest BCUT2D eigenvalue weighted by Crippen LogP contribution is -2.32. The van der Waals surface area contributed by atoms with Crippen LogP contribution in [0.15, 0.2) is 0 Å². The second-order valence-corrected chi connectivity index (χ2v) is 6.61. The maximum atomic E-state index is 12.2. The first-order valence-corrected chi connectivity index (χ1v) is 7.42. The van der Waals surface area contributed by atoms with Gasteiger partial charge in [-0.3, -0.25) is 0 Å². The first-order valence-electron chi connectivity index (χ1n) is 5.59. The van der Waals surface area contributed by atoms with Gasteiger partial charge >= 0.3 is 0 Å². The summed E-state index contributed by atoms with van der Waals surface area (Å²) in [6.07, 6.45) is 2.73. The lowest BCUT2D eigenvalue weighted by Gasteiger charge is -2.22. The number of aromatic nitrogens is 2. The van der Waals surface area contributed by atoms with Gasteiger partial charge in [-0.15, -0.1) is 0 Å². The van der Waals surface area contributed by atoms with Gasteiger partial charge in [0.05, 0.1) is 14.9 Å². The highest BCUT2D eigenvalue weighted by molar-refractivity contribution is 9.09. The molecule has 94 valence electrons. The van der Waals surface area contributed by atoms with Gasteiger partial charge in [0.1, 0.15) is 10.5 Å². The predicted octanol–water partition coefficient (Wildman–Crippen LogP) is 3.42. The molecule has 1 aliphatic rings. The van der Waals surface area contributed by atoms with E-state index in [1.165, 1.54) is 0 Å².